The van der Waals surface area contributed by atoms with Gasteiger partial charge < -0.3 is 4.90 Å². The molecule has 0 saturated carbocycles. The Morgan fingerprint density at radius 1 is 1.13 bits per heavy atom. The van der Waals surface area contributed by atoms with Crippen LogP contribution in [-0.4, -0.2) is 11.9 Å². The van der Waals surface area contributed by atoms with Crippen LogP contribution >= 0.6 is 0 Å². The summed E-state index contributed by atoms with van der Waals surface area (Å²) >= 11 is 0. The minimum Gasteiger partial charge on any atom is -0.374 e. The van der Waals surface area contributed by atoms with Gasteiger partial charge in [0, 0.05) is 7.05 Å². The average Bonchev–Trinajstić information content (AvgIpc) is 2.25. The molecule has 0 amide bonds. The molecule has 1 aliphatic rings. The highest BCUT2D eigenvalue weighted by Gasteiger charge is 2.14. The SMILES string of the molecule is CN1C=CCCCCC1c1ccccc1. The topological polar surface area (TPSA) is 3.24 Å². The molecule has 2 rings (SSSR count). The minimum absolute atomic E-state index is 0.558. The third-order valence-corrected chi connectivity index (χ3v) is 3.11. The number of nitrogens with zero attached hydrogens (tertiary/aromatic N) is 1. The molecule has 1 heterocycles. The second-order valence-corrected chi connectivity index (χ2v) is 4.26. The van der Waals surface area contributed by atoms with Crippen molar-refractivity contribution in [2.45, 2.75) is 31.7 Å². The molecule has 1 unspecified atom stereocenters. The van der Waals surface area contributed by atoms with Gasteiger partial charge in [0.15, 0.2) is 0 Å². The lowest BCUT2D eigenvalue weighted by molar-refractivity contribution is 0.304. The lowest BCUT2D eigenvalue weighted by Gasteiger charge is -2.28. The lowest BCUT2D eigenvalue weighted by Crippen LogP contribution is -2.19. The number of rotatable bonds is 1. The first-order valence-corrected chi connectivity index (χ1v) is 5.81. The maximum Gasteiger partial charge on any atom is 0.0533 e. The quantitative estimate of drug-likeness (QED) is 0.669. The van der Waals surface area contributed by atoms with E-state index in [4.69, 9.17) is 0 Å². The molecule has 0 aromatic heterocycles. The van der Waals surface area contributed by atoms with Gasteiger partial charge >= 0.3 is 0 Å². The van der Waals surface area contributed by atoms with E-state index in [0.29, 0.717) is 6.04 Å². The minimum atomic E-state index is 0.558. The van der Waals surface area contributed by atoms with Crippen molar-refractivity contribution in [1.29, 1.82) is 0 Å². The number of benzene rings is 1. The van der Waals surface area contributed by atoms with Gasteiger partial charge in [0.25, 0.3) is 0 Å². The molecule has 1 aromatic carbocycles. The van der Waals surface area contributed by atoms with Gasteiger partial charge in [0.1, 0.15) is 0 Å². The van der Waals surface area contributed by atoms with Crippen LogP contribution < -0.4 is 0 Å². The largest absolute Gasteiger partial charge is 0.374 e. The van der Waals surface area contributed by atoms with E-state index in [1.54, 1.807) is 0 Å². The third kappa shape index (κ3) is 2.62. The van der Waals surface area contributed by atoms with Crippen molar-refractivity contribution >= 4 is 0 Å². The first kappa shape index (κ1) is 10.3. The summed E-state index contributed by atoms with van der Waals surface area (Å²) in [4.78, 5) is 2.34. The molecule has 1 atom stereocenters. The smallest absolute Gasteiger partial charge is 0.0533 e. The highest BCUT2D eigenvalue weighted by molar-refractivity contribution is 5.19. The van der Waals surface area contributed by atoms with Crippen LogP contribution in [0.4, 0.5) is 0 Å². The summed E-state index contributed by atoms with van der Waals surface area (Å²) in [6, 6.07) is 11.4. The van der Waals surface area contributed by atoms with Crippen LogP contribution in [0.15, 0.2) is 42.6 Å². The Bertz CT molecular complexity index is 315. The van der Waals surface area contributed by atoms with Crippen LogP contribution in [0.5, 0.6) is 0 Å². The van der Waals surface area contributed by atoms with Crippen molar-refractivity contribution < 1.29 is 0 Å². The molecular formula is C14H19N. The van der Waals surface area contributed by atoms with E-state index in [1.165, 1.54) is 31.2 Å². The van der Waals surface area contributed by atoms with Gasteiger partial charge in [-0.3, -0.25) is 0 Å². The van der Waals surface area contributed by atoms with Gasteiger partial charge in [-0.05, 0) is 31.0 Å². The van der Waals surface area contributed by atoms with Gasteiger partial charge in [-0.1, -0.05) is 42.8 Å². The molecule has 0 spiro atoms. The monoisotopic (exact) mass is 201 g/mol. The summed E-state index contributed by atoms with van der Waals surface area (Å²) in [6.45, 7) is 0. The van der Waals surface area contributed by atoms with Gasteiger partial charge in [0.2, 0.25) is 0 Å². The van der Waals surface area contributed by atoms with Crippen molar-refractivity contribution in [1.82, 2.24) is 4.90 Å². The molecule has 1 heteroatoms. The Hall–Kier alpha value is -1.24. The zero-order chi connectivity index (χ0) is 10.5. The molecule has 0 radical (unpaired) electrons. The van der Waals surface area contributed by atoms with E-state index in [1.807, 2.05) is 0 Å². The molecule has 0 aliphatic carbocycles. The van der Waals surface area contributed by atoms with Crippen LogP contribution in [0, 0.1) is 0 Å². The fourth-order valence-corrected chi connectivity index (χ4v) is 2.23. The Morgan fingerprint density at radius 2 is 1.93 bits per heavy atom. The molecule has 1 aromatic rings. The van der Waals surface area contributed by atoms with E-state index in [-0.39, 0.29) is 0 Å². The number of hydrogen-bond acceptors (Lipinski definition) is 1. The molecule has 0 bridgehead atoms. The first-order valence-electron chi connectivity index (χ1n) is 5.81. The number of hydrogen-bond donors (Lipinski definition) is 0. The summed E-state index contributed by atoms with van der Waals surface area (Å²) in [5.41, 5.74) is 1.44. The maximum absolute atomic E-state index is 2.34. The summed E-state index contributed by atoms with van der Waals surface area (Å²) in [5, 5.41) is 0. The van der Waals surface area contributed by atoms with E-state index < -0.39 is 0 Å². The molecule has 0 saturated heterocycles. The summed E-state index contributed by atoms with van der Waals surface area (Å²) < 4.78 is 0. The van der Waals surface area contributed by atoms with Gasteiger partial charge in [-0.15, -0.1) is 0 Å². The van der Waals surface area contributed by atoms with Crippen molar-refractivity contribution in [3.05, 3.63) is 48.2 Å². The van der Waals surface area contributed by atoms with Crippen LogP contribution in [0.2, 0.25) is 0 Å². The lowest BCUT2D eigenvalue weighted by atomic mass is 9.98. The molecule has 1 nitrogen and oxygen atoms in total. The molecule has 80 valence electrons. The zero-order valence-electron chi connectivity index (χ0n) is 9.39. The van der Waals surface area contributed by atoms with Crippen molar-refractivity contribution in [3.63, 3.8) is 0 Å². The predicted octanol–water partition coefficient (Wildman–Crippen LogP) is 3.75. The second-order valence-electron chi connectivity index (χ2n) is 4.26. The highest BCUT2D eigenvalue weighted by atomic mass is 15.1. The van der Waals surface area contributed by atoms with Crippen molar-refractivity contribution in [2.24, 2.45) is 0 Å². The van der Waals surface area contributed by atoms with Crippen LogP contribution in [0.1, 0.15) is 37.3 Å². The highest BCUT2D eigenvalue weighted by Crippen LogP contribution is 2.27. The van der Waals surface area contributed by atoms with E-state index in [0.717, 1.165) is 0 Å². The van der Waals surface area contributed by atoms with Gasteiger partial charge in [-0.2, -0.15) is 0 Å². The number of allylic oxidation sites excluding steroid dienone is 1. The van der Waals surface area contributed by atoms with Crippen molar-refractivity contribution in [2.75, 3.05) is 7.05 Å². The maximum atomic E-state index is 2.34. The van der Waals surface area contributed by atoms with Gasteiger partial charge in [-0.25, -0.2) is 0 Å². The van der Waals surface area contributed by atoms with Crippen LogP contribution in [-0.2, 0) is 0 Å². The van der Waals surface area contributed by atoms with E-state index in [9.17, 15) is 0 Å². The molecule has 0 N–H and O–H groups in total. The summed E-state index contributed by atoms with van der Waals surface area (Å²) in [6.07, 6.45) is 9.67. The fraction of sp³-hybridized carbons (Fsp3) is 0.429. The first-order chi connectivity index (χ1) is 7.38. The standard InChI is InChI=1S/C14H19N/c1-15-12-8-3-2-7-11-14(15)13-9-5-4-6-10-13/h4-6,8-10,12,14H,2-3,7,11H2,1H3. The Balaban J connectivity index is 2.18. The predicted molar refractivity (Wildman–Crippen MR) is 64.6 cm³/mol. The van der Waals surface area contributed by atoms with E-state index >= 15 is 0 Å². The van der Waals surface area contributed by atoms with Crippen molar-refractivity contribution in [3.8, 4) is 0 Å². The van der Waals surface area contributed by atoms with Crippen LogP contribution in [0.25, 0.3) is 0 Å². The molecular weight excluding hydrogens is 182 g/mol. The summed E-state index contributed by atoms with van der Waals surface area (Å²) in [7, 11) is 2.18. The molecule has 15 heavy (non-hydrogen) atoms. The zero-order valence-corrected chi connectivity index (χ0v) is 9.39. The Labute approximate surface area is 92.4 Å². The molecule has 1 aliphatic heterocycles. The Morgan fingerprint density at radius 3 is 2.73 bits per heavy atom. The summed E-state index contributed by atoms with van der Waals surface area (Å²) in [5.74, 6) is 0. The third-order valence-electron chi connectivity index (χ3n) is 3.11. The average molecular weight is 201 g/mol. The molecule has 0 fully saturated rings. The normalized spacial score (nSPS) is 22.2. The van der Waals surface area contributed by atoms with E-state index in [2.05, 4.69) is 54.6 Å². The van der Waals surface area contributed by atoms with Gasteiger partial charge in [0.05, 0.1) is 6.04 Å². The second kappa shape index (κ2) is 5.01. The fourth-order valence-electron chi connectivity index (χ4n) is 2.23. The Kier molecular flexibility index (Phi) is 3.44. The van der Waals surface area contributed by atoms with Crippen LogP contribution in [0.3, 0.4) is 0 Å².